The Labute approximate surface area is 199 Å². The Balaban J connectivity index is 0.000000201. The number of Topliss-reactive ketones (excluding diaryl/α,β-unsaturated/α-hetero) is 1. The third-order valence-corrected chi connectivity index (χ3v) is 4.51. The van der Waals surface area contributed by atoms with Gasteiger partial charge in [-0.1, -0.05) is 109 Å². The Hall–Kier alpha value is -4.57. The largest absolute Gasteiger partial charge is 0.507 e. The van der Waals surface area contributed by atoms with Gasteiger partial charge in [0.2, 0.25) is 0 Å². The molecule has 4 rings (SSSR count). The monoisotopic (exact) mass is 450 g/mol. The van der Waals surface area contributed by atoms with E-state index in [-0.39, 0.29) is 17.3 Å². The van der Waals surface area contributed by atoms with Crippen molar-refractivity contribution in [2.75, 3.05) is 0 Å². The van der Waals surface area contributed by atoms with Gasteiger partial charge in [-0.25, -0.2) is 0 Å². The van der Waals surface area contributed by atoms with Crippen LogP contribution in [0.15, 0.2) is 121 Å². The summed E-state index contributed by atoms with van der Waals surface area (Å²) >= 11 is 0. The summed E-state index contributed by atoms with van der Waals surface area (Å²) in [7, 11) is 0. The van der Waals surface area contributed by atoms with Gasteiger partial charge in [-0.05, 0) is 30.7 Å². The summed E-state index contributed by atoms with van der Waals surface area (Å²) < 4.78 is 0. The van der Waals surface area contributed by atoms with Gasteiger partial charge in [0.25, 0.3) is 0 Å². The first-order chi connectivity index (χ1) is 16.5. The fourth-order valence-corrected chi connectivity index (χ4v) is 2.71. The van der Waals surface area contributed by atoms with Crippen molar-refractivity contribution < 1.29 is 19.5 Å². The fourth-order valence-electron chi connectivity index (χ4n) is 2.71. The molecule has 0 radical (unpaired) electrons. The number of hydrogen-bond acceptors (Lipinski definition) is 4. The predicted molar refractivity (Wildman–Crippen MR) is 136 cm³/mol. The molecule has 4 nitrogen and oxygen atoms in total. The maximum atomic E-state index is 11.8. The minimum atomic E-state index is -0.202. The fraction of sp³-hybridized carbons (Fsp3) is 0.0333. The number of phenols is 1. The molecule has 4 heteroatoms. The number of ketones is 2. The van der Waals surface area contributed by atoms with Crippen molar-refractivity contribution >= 4 is 23.9 Å². The van der Waals surface area contributed by atoms with Crippen molar-refractivity contribution in [2.45, 2.75) is 6.92 Å². The molecule has 0 aliphatic carbocycles. The Morgan fingerprint density at radius 2 is 1.12 bits per heavy atom. The first kappa shape index (κ1) is 25.7. The van der Waals surface area contributed by atoms with Gasteiger partial charge in [0.1, 0.15) is 12.0 Å². The second-order valence-electron chi connectivity index (χ2n) is 7.08. The summed E-state index contributed by atoms with van der Waals surface area (Å²) in [6.07, 6.45) is 4.03. The van der Waals surface area contributed by atoms with E-state index in [1.54, 1.807) is 43.3 Å². The van der Waals surface area contributed by atoms with Crippen molar-refractivity contribution in [3.05, 3.63) is 144 Å². The van der Waals surface area contributed by atoms with E-state index >= 15 is 0 Å². The number of allylic oxidation sites excluding steroid dienone is 1. The van der Waals surface area contributed by atoms with Gasteiger partial charge in [-0.15, -0.1) is 0 Å². The normalized spacial score (nSPS) is 9.68. The molecule has 1 N–H and O–H groups in total. The zero-order valence-electron chi connectivity index (χ0n) is 18.9. The molecule has 0 aliphatic rings. The molecule has 170 valence electrons. The molecule has 0 aliphatic heterocycles. The van der Waals surface area contributed by atoms with E-state index in [0.717, 1.165) is 23.0 Å². The van der Waals surface area contributed by atoms with Crippen LogP contribution in [0.25, 0.3) is 6.08 Å². The van der Waals surface area contributed by atoms with Crippen LogP contribution in [-0.2, 0) is 0 Å². The second kappa shape index (κ2) is 14.5. The summed E-state index contributed by atoms with van der Waals surface area (Å²) in [4.78, 5) is 32.4. The number of benzene rings is 4. The predicted octanol–water partition coefficient (Wildman–Crippen LogP) is 6.68. The van der Waals surface area contributed by atoms with E-state index < -0.39 is 0 Å². The molecular formula is C30H26O4. The molecule has 0 bridgehead atoms. The van der Waals surface area contributed by atoms with Crippen LogP contribution in [0, 0.1) is 0 Å². The molecule has 0 aromatic heterocycles. The maximum Gasteiger partial charge on any atom is 0.189 e. The lowest BCUT2D eigenvalue weighted by Gasteiger charge is -1.98. The van der Waals surface area contributed by atoms with Gasteiger partial charge < -0.3 is 5.11 Å². The molecule has 0 saturated carbocycles. The highest BCUT2D eigenvalue weighted by Crippen LogP contribution is 2.17. The molecule has 4 aromatic rings. The van der Waals surface area contributed by atoms with Crippen molar-refractivity contribution in [1.29, 1.82) is 0 Å². The first-order valence-corrected chi connectivity index (χ1v) is 10.6. The number of carbonyl (C=O) groups excluding carboxylic acids is 3. The summed E-state index contributed by atoms with van der Waals surface area (Å²) in [5.74, 6) is -0.0715. The topological polar surface area (TPSA) is 71.4 Å². The number of aromatic hydroxyl groups is 1. The average molecular weight is 451 g/mol. The van der Waals surface area contributed by atoms with Gasteiger partial charge in [0.15, 0.2) is 11.6 Å². The summed E-state index contributed by atoms with van der Waals surface area (Å²) in [6, 6.07) is 34.4. The van der Waals surface area contributed by atoms with Crippen LogP contribution in [0.2, 0.25) is 0 Å². The van der Waals surface area contributed by atoms with Crippen molar-refractivity contribution in [2.24, 2.45) is 0 Å². The van der Waals surface area contributed by atoms with Crippen LogP contribution in [0.5, 0.6) is 5.75 Å². The van der Waals surface area contributed by atoms with E-state index in [1.807, 2.05) is 78.9 Å². The summed E-state index contributed by atoms with van der Waals surface area (Å²) in [5.41, 5.74) is 2.78. The van der Waals surface area contributed by atoms with E-state index in [4.69, 9.17) is 0 Å². The minimum absolute atomic E-state index is 0.00946. The molecule has 0 atom stereocenters. The number of carbonyl (C=O) groups is 3. The van der Waals surface area contributed by atoms with Crippen LogP contribution in [0.1, 0.15) is 43.6 Å². The second-order valence-corrected chi connectivity index (χ2v) is 7.08. The van der Waals surface area contributed by atoms with E-state index in [1.165, 1.54) is 12.1 Å². The molecule has 4 aromatic carbocycles. The Morgan fingerprint density at radius 1 is 0.647 bits per heavy atom. The summed E-state index contributed by atoms with van der Waals surface area (Å²) in [5, 5.41) is 9.52. The zero-order chi connectivity index (χ0) is 24.6. The molecule has 0 saturated heterocycles. The minimum Gasteiger partial charge on any atom is -0.507 e. The van der Waals surface area contributed by atoms with Gasteiger partial charge in [0, 0.05) is 11.1 Å². The highest BCUT2D eigenvalue weighted by atomic mass is 16.3. The van der Waals surface area contributed by atoms with Crippen molar-refractivity contribution in [3.63, 3.8) is 0 Å². The van der Waals surface area contributed by atoms with Crippen LogP contribution in [0.3, 0.4) is 0 Å². The van der Waals surface area contributed by atoms with Crippen LogP contribution in [0.4, 0.5) is 0 Å². The third kappa shape index (κ3) is 9.28. The molecule has 0 heterocycles. The van der Waals surface area contributed by atoms with Gasteiger partial charge in [-0.2, -0.15) is 0 Å². The SMILES string of the molecule is CC(=O)c1ccccc1.O=C(C=Cc1ccccc1)c1ccccc1O.O=Cc1ccccc1. The molecular weight excluding hydrogens is 424 g/mol. The van der Waals surface area contributed by atoms with Gasteiger partial charge in [-0.3, -0.25) is 14.4 Å². The number of aldehydes is 1. The molecule has 0 unspecified atom stereocenters. The molecule has 0 fully saturated rings. The zero-order valence-corrected chi connectivity index (χ0v) is 18.9. The third-order valence-electron chi connectivity index (χ3n) is 4.51. The quantitative estimate of drug-likeness (QED) is 0.209. The van der Waals surface area contributed by atoms with Gasteiger partial charge >= 0.3 is 0 Å². The number of para-hydroxylation sites is 1. The van der Waals surface area contributed by atoms with E-state index in [0.29, 0.717) is 5.56 Å². The van der Waals surface area contributed by atoms with Gasteiger partial charge in [0.05, 0.1) is 5.56 Å². The van der Waals surface area contributed by atoms with Crippen LogP contribution >= 0.6 is 0 Å². The number of rotatable bonds is 5. The lowest BCUT2D eigenvalue weighted by Crippen LogP contribution is -1.93. The standard InChI is InChI=1S/C15H12O2.C8H8O.C7H6O/c16-14-9-5-4-8-13(14)15(17)11-10-12-6-2-1-3-7-12;1-7(9)8-5-3-2-4-6-8;8-6-7-4-2-1-3-5-7/h1-11,16H;2-6H,1H3;1-6H. The highest BCUT2D eigenvalue weighted by Gasteiger charge is 2.06. The molecule has 0 amide bonds. The maximum absolute atomic E-state index is 11.8. The smallest absolute Gasteiger partial charge is 0.189 e. The van der Waals surface area contributed by atoms with Crippen LogP contribution in [-0.4, -0.2) is 23.0 Å². The highest BCUT2D eigenvalue weighted by molar-refractivity contribution is 6.08. The Bertz CT molecular complexity index is 1200. The lowest BCUT2D eigenvalue weighted by atomic mass is 10.1. The number of hydrogen-bond donors (Lipinski definition) is 1. The van der Waals surface area contributed by atoms with E-state index in [2.05, 4.69) is 0 Å². The van der Waals surface area contributed by atoms with Crippen molar-refractivity contribution in [1.82, 2.24) is 0 Å². The average Bonchev–Trinajstić information content (AvgIpc) is 2.90. The van der Waals surface area contributed by atoms with E-state index in [9.17, 15) is 19.5 Å². The Kier molecular flexibility index (Phi) is 10.9. The molecule has 0 spiro atoms. The lowest BCUT2D eigenvalue weighted by molar-refractivity contribution is 0.101. The van der Waals surface area contributed by atoms with Crippen LogP contribution < -0.4 is 0 Å². The first-order valence-electron chi connectivity index (χ1n) is 10.6. The Morgan fingerprint density at radius 3 is 1.56 bits per heavy atom. The summed E-state index contributed by atoms with van der Waals surface area (Å²) in [6.45, 7) is 1.56. The molecule has 34 heavy (non-hydrogen) atoms. The number of phenolic OH excluding ortho intramolecular Hbond substituents is 1. The van der Waals surface area contributed by atoms with Crippen molar-refractivity contribution in [3.8, 4) is 5.75 Å².